The molecule has 410 valence electrons. The molecule has 14 rings (SSSR count). The number of aryl methyl sites for hydroxylation is 1. The second-order valence-electron chi connectivity index (χ2n) is 29.0. The Morgan fingerprint density at radius 3 is 1.20 bits per heavy atom. The Kier molecular flexibility index (Phi) is 11.7. The summed E-state index contributed by atoms with van der Waals surface area (Å²) < 4.78 is 0. The predicted molar refractivity (Wildman–Crippen MR) is 352 cm³/mol. The van der Waals surface area contributed by atoms with Crippen LogP contribution < -0.4 is 31.1 Å². The molecule has 9 aromatic rings. The molecule has 3 nitrogen and oxygen atoms in total. The topological polar surface area (TPSA) is 9.72 Å². The lowest BCUT2D eigenvalue weighted by Gasteiger charge is -2.49. The summed E-state index contributed by atoms with van der Waals surface area (Å²) in [6.07, 6.45) is 5.68. The molecule has 0 aromatic heterocycles. The van der Waals surface area contributed by atoms with Crippen LogP contribution in [0.4, 0.5) is 51.2 Å². The van der Waals surface area contributed by atoms with Crippen molar-refractivity contribution in [2.24, 2.45) is 0 Å². The van der Waals surface area contributed by atoms with Crippen molar-refractivity contribution in [1.82, 2.24) is 0 Å². The molecule has 0 fully saturated rings. The van der Waals surface area contributed by atoms with E-state index in [9.17, 15) is 0 Å². The number of hydrogen-bond acceptors (Lipinski definition) is 3. The summed E-state index contributed by atoms with van der Waals surface area (Å²) in [5, 5.41) is 0. The van der Waals surface area contributed by atoms with E-state index in [1.54, 1.807) is 0 Å². The molecule has 0 N–H and O–H groups in total. The van der Waals surface area contributed by atoms with Gasteiger partial charge in [0.05, 0.1) is 11.4 Å². The Balaban J connectivity index is 1.18. The zero-order valence-corrected chi connectivity index (χ0v) is 50.9. The van der Waals surface area contributed by atoms with Gasteiger partial charge in [-0.1, -0.05) is 204 Å². The van der Waals surface area contributed by atoms with Crippen molar-refractivity contribution in [3.63, 3.8) is 0 Å². The van der Waals surface area contributed by atoms with Crippen molar-refractivity contribution < 1.29 is 0 Å². The van der Waals surface area contributed by atoms with Crippen LogP contribution >= 0.6 is 0 Å². The van der Waals surface area contributed by atoms with E-state index in [0.717, 1.165) is 49.2 Å². The average Bonchev–Trinajstić information content (AvgIpc) is 1.80. The van der Waals surface area contributed by atoms with Crippen LogP contribution in [0.5, 0.6) is 0 Å². The maximum absolute atomic E-state index is 2.77. The molecule has 2 aliphatic heterocycles. The van der Waals surface area contributed by atoms with Crippen LogP contribution in [0.2, 0.25) is 0 Å². The average molecular weight is 1070 g/mol. The smallest absolute Gasteiger partial charge is 0.252 e. The summed E-state index contributed by atoms with van der Waals surface area (Å²) in [6, 6.07) is 72.7. The first-order chi connectivity index (χ1) is 39.0. The van der Waals surface area contributed by atoms with Crippen LogP contribution in [0.1, 0.15) is 154 Å². The Morgan fingerprint density at radius 1 is 0.329 bits per heavy atom. The van der Waals surface area contributed by atoms with Crippen molar-refractivity contribution in [3.8, 4) is 22.3 Å². The summed E-state index contributed by atoms with van der Waals surface area (Å²) in [5.41, 5.74) is 30.0. The molecular weight excluding hydrogens is 990 g/mol. The molecule has 0 saturated heterocycles. The molecule has 0 spiro atoms. The van der Waals surface area contributed by atoms with Gasteiger partial charge in [-0.3, -0.25) is 0 Å². The number of hydrogen-bond donors (Lipinski definition) is 0. The van der Waals surface area contributed by atoms with Crippen molar-refractivity contribution in [2.45, 2.75) is 155 Å². The Bertz CT molecular complexity index is 3990. The zero-order valence-electron chi connectivity index (χ0n) is 50.9. The molecular formula is C78H80BN3. The van der Waals surface area contributed by atoms with E-state index in [1.807, 2.05) is 0 Å². The quantitative estimate of drug-likeness (QED) is 0.147. The minimum absolute atomic E-state index is 0.000869. The number of anilines is 9. The highest BCUT2D eigenvalue weighted by atomic mass is 15.2. The van der Waals surface area contributed by atoms with Gasteiger partial charge in [-0.15, -0.1) is 0 Å². The second kappa shape index (κ2) is 18.2. The van der Waals surface area contributed by atoms with Crippen molar-refractivity contribution in [3.05, 3.63) is 227 Å². The van der Waals surface area contributed by atoms with Gasteiger partial charge in [0.25, 0.3) is 6.71 Å². The van der Waals surface area contributed by atoms with Crippen LogP contribution in [0.15, 0.2) is 188 Å². The van der Waals surface area contributed by atoms with Gasteiger partial charge >= 0.3 is 0 Å². The molecule has 0 bridgehead atoms. The molecule has 2 heterocycles. The Labute approximate surface area is 490 Å². The SMILES string of the molecule is Cc1cc2c(cc1N1c3cc4c(cc3B3c5cc6c(cc5N(c5ccc(-c7ccccc7)cc5-c5ccccc5)c5cc(N(c7ccccc7)c7ccccc7)cc1c53)C(C)(C)CCC6(C)C)C(C)(C)CCC4(C)C)C(C)(C)CC2(C)C. The normalized spacial score (nSPS) is 18.6. The lowest BCUT2D eigenvalue weighted by molar-refractivity contribution is 0.332. The molecule has 0 amide bonds. The number of fused-ring (bicyclic) bond motifs is 7. The Morgan fingerprint density at radius 2 is 0.720 bits per heavy atom. The Hall–Kier alpha value is -7.56. The lowest BCUT2D eigenvalue weighted by atomic mass is 9.32. The van der Waals surface area contributed by atoms with Gasteiger partial charge in [-0.25, -0.2) is 0 Å². The predicted octanol–water partition coefficient (Wildman–Crippen LogP) is 19.5. The number of rotatable bonds is 7. The van der Waals surface area contributed by atoms with Crippen molar-refractivity contribution in [1.29, 1.82) is 0 Å². The number of nitrogens with zero attached hydrogens (tertiary/aromatic N) is 3. The fraction of sp³-hybridized carbons (Fsp3) is 0.308. The summed E-state index contributed by atoms with van der Waals surface area (Å²) in [7, 11) is 0. The maximum atomic E-state index is 2.77. The summed E-state index contributed by atoms with van der Waals surface area (Å²) in [4.78, 5) is 8.00. The van der Waals surface area contributed by atoms with Crippen LogP contribution in [-0.4, -0.2) is 6.71 Å². The van der Waals surface area contributed by atoms with Crippen LogP contribution in [0, 0.1) is 6.92 Å². The molecule has 9 aromatic carbocycles. The van der Waals surface area contributed by atoms with Gasteiger partial charge in [0.1, 0.15) is 0 Å². The van der Waals surface area contributed by atoms with E-state index in [1.165, 1.54) is 112 Å². The second-order valence-corrected chi connectivity index (χ2v) is 29.0. The molecule has 0 radical (unpaired) electrons. The van der Waals surface area contributed by atoms with Crippen LogP contribution in [-0.2, 0) is 32.5 Å². The summed E-state index contributed by atoms with van der Waals surface area (Å²) in [6.45, 7) is 32.2. The standard InChI is InChI=1S/C78H80BN3/c1-50-40-58-63(78(12,13)49-77(58,10)11)46-67(50)82-69-48-62-60(74(4,5)37-39-76(62,8)9)45-65(69)79-64-44-59-61(75(6,7)38-36-73(59,2)3)47-68(64)81(66-35-34-53(51-26-18-14-19-27-51)41-57(66)52-28-20-15-21-29-52)70-42-56(43-71(82)72(70)79)80(54-30-22-16-23-31-54)55-32-24-17-25-33-55/h14-35,40-48H,36-39,49H2,1-13H3. The molecule has 5 aliphatic rings. The van der Waals surface area contributed by atoms with Gasteiger partial charge in [0.2, 0.25) is 0 Å². The van der Waals surface area contributed by atoms with Gasteiger partial charge in [0.15, 0.2) is 0 Å². The van der Waals surface area contributed by atoms with Gasteiger partial charge in [-0.05, 0) is 210 Å². The van der Waals surface area contributed by atoms with Gasteiger partial charge in [-0.2, -0.15) is 0 Å². The third kappa shape index (κ3) is 8.12. The van der Waals surface area contributed by atoms with Crippen molar-refractivity contribution >= 4 is 74.3 Å². The van der Waals surface area contributed by atoms with Gasteiger partial charge < -0.3 is 14.7 Å². The minimum atomic E-state index is -0.0652. The highest BCUT2D eigenvalue weighted by Crippen LogP contribution is 2.57. The van der Waals surface area contributed by atoms with E-state index in [4.69, 9.17) is 0 Å². The lowest BCUT2D eigenvalue weighted by Crippen LogP contribution is -2.62. The van der Waals surface area contributed by atoms with Gasteiger partial charge in [0, 0.05) is 45.4 Å². The van der Waals surface area contributed by atoms with E-state index < -0.39 is 0 Å². The molecule has 82 heavy (non-hydrogen) atoms. The highest BCUT2D eigenvalue weighted by Gasteiger charge is 2.50. The largest absolute Gasteiger partial charge is 0.311 e. The maximum Gasteiger partial charge on any atom is 0.252 e. The molecule has 0 unspecified atom stereocenters. The molecule has 0 atom stereocenters. The first kappa shape index (κ1) is 52.5. The zero-order chi connectivity index (χ0) is 57.0. The minimum Gasteiger partial charge on any atom is -0.311 e. The summed E-state index contributed by atoms with van der Waals surface area (Å²) in [5.74, 6) is 0. The number of para-hydroxylation sites is 2. The number of benzene rings is 9. The summed E-state index contributed by atoms with van der Waals surface area (Å²) >= 11 is 0. The molecule has 3 aliphatic carbocycles. The molecule has 0 saturated carbocycles. The van der Waals surface area contributed by atoms with Crippen molar-refractivity contribution in [2.75, 3.05) is 14.7 Å². The third-order valence-corrected chi connectivity index (χ3v) is 20.6. The monoisotopic (exact) mass is 1070 g/mol. The highest BCUT2D eigenvalue weighted by molar-refractivity contribution is 7.00. The van der Waals surface area contributed by atoms with E-state index in [0.29, 0.717) is 0 Å². The third-order valence-electron chi connectivity index (χ3n) is 20.6. The molecule has 4 heteroatoms. The first-order valence-corrected chi connectivity index (χ1v) is 30.5. The fourth-order valence-corrected chi connectivity index (χ4v) is 16.1. The van der Waals surface area contributed by atoms with E-state index in [-0.39, 0.29) is 39.2 Å². The van der Waals surface area contributed by atoms with Crippen LogP contribution in [0.3, 0.4) is 0 Å². The van der Waals surface area contributed by atoms with E-state index >= 15 is 0 Å². The van der Waals surface area contributed by atoms with Crippen LogP contribution in [0.25, 0.3) is 22.3 Å². The first-order valence-electron chi connectivity index (χ1n) is 30.5. The van der Waals surface area contributed by atoms with E-state index in [2.05, 4.69) is 293 Å². The fourth-order valence-electron chi connectivity index (χ4n) is 16.1.